The SMILES string of the molecule is CCCc1ccc(-c2csc(COC)n2)cc1. The molecule has 2 nitrogen and oxygen atoms in total. The molecule has 17 heavy (non-hydrogen) atoms. The predicted molar refractivity (Wildman–Crippen MR) is 72.3 cm³/mol. The molecule has 1 heterocycles. The second-order valence-electron chi connectivity index (χ2n) is 4.01. The zero-order valence-corrected chi connectivity index (χ0v) is 11.1. The third-order valence-corrected chi connectivity index (χ3v) is 3.43. The molecule has 0 spiro atoms. The molecule has 0 saturated carbocycles. The molecule has 0 N–H and O–H groups in total. The van der Waals surface area contributed by atoms with E-state index in [0.29, 0.717) is 6.61 Å². The first kappa shape index (κ1) is 12.3. The third-order valence-electron chi connectivity index (χ3n) is 2.61. The van der Waals surface area contributed by atoms with Gasteiger partial charge in [0.15, 0.2) is 0 Å². The van der Waals surface area contributed by atoms with E-state index in [4.69, 9.17) is 4.74 Å². The minimum absolute atomic E-state index is 0.596. The predicted octanol–water partition coefficient (Wildman–Crippen LogP) is 3.91. The van der Waals surface area contributed by atoms with E-state index in [1.54, 1.807) is 18.4 Å². The zero-order chi connectivity index (χ0) is 12.1. The zero-order valence-electron chi connectivity index (χ0n) is 10.3. The highest BCUT2D eigenvalue weighted by Crippen LogP contribution is 2.22. The molecule has 3 heteroatoms. The average molecular weight is 247 g/mol. The van der Waals surface area contributed by atoms with E-state index in [2.05, 4.69) is 41.6 Å². The number of hydrogen-bond donors (Lipinski definition) is 0. The number of benzene rings is 1. The van der Waals surface area contributed by atoms with Gasteiger partial charge in [-0.05, 0) is 12.0 Å². The summed E-state index contributed by atoms with van der Waals surface area (Å²) < 4.78 is 5.08. The van der Waals surface area contributed by atoms with Crippen molar-refractivity contribution in [2.24, 2.45) is 0 Å². The van der Waals surface area contributed by atoms with Crippen molar-refractivity contribution in [2.75, 3.05) is 7.11 Å². The Hall–Kier alpha value is -1.19. The van der Waals surface area contributed by atoms with Crippen molar-refractivity contribution in [3.8, 4) is 11.3 Å². The maximum atomic E-state index is 5.08. The van der Waals surface area contributed by atoms with E-state index < -0.39 is 0 Å². The van der Waals surface area contributed by atoms with Crippen LogP contribution in [0.5, 0.6) is 0 Å². The number of aryl methyl sites for hydroxylation is 1. The lowest BCUT2D eigenvalue weighted by molar-refractivity contribution is 0.184. The molecule has 2 rings (SSSR count). The van der Waals surface area contributed by atoms with Crippen LogP contribution < -0.4 is 0 Å². The topological polar surface area (TPSA) is 22.1 Å². The summed E-state index contributed by atoms with van der Waals surface area (Å²) in [7, 11) is 1.70. The molecule has 0 unspecified atom stereocenters. The summed E-state index contributed by atoms with van der Waals surface area (Å²) in [5, 5.41) is 3.11. The van der Waals surface area contributed by atoms with Gasteiger partial charge < -0.3 is 4.74 Å². The molecule has 0 aliphatic carbocycles. The molecule has 0 aliphatic heterocycles. The van der Waals surface area contributed by atoms with Crippen LogP contribution in [0.25, 0.3) is 11.3 Å². The Kier molecular flexibility index (Phi) is 4.29. The molecule has 0 atom stereocenters. The third kappa shape index (κ3) is 3.14. The second-order valence-corrected chi connectivity index (χ2v) is 4.95. The molecule has 2 aromatic rings. The van der Waals surface area contributed by atoms with Crippen LogP contribution in [-0.2, 0) is 17.8 Å². The van der Waals surface area contributed by atoms with Crippen LogP contribution in [-0.4, -0.2) is 12.1 Å². The lowest BCUT2D eigenvalue weighted by atomic mass is 10.1. The number of aromatic nitrogens is 1. The van der Waals surface area contributed by atoms with Crippen LogP contribution in [0.3, 0.4) is 0 Å². The Morgan fingerprint density at radius 3 is 2.65 bits per heavy atom. The van der Waals surface area contributed by atoms with Crippen molar-refractivity contribution in [3.63, 3.8) is 0 Å². The minimum Gasteiger partial charge on any atom is -0.378 e. The highest BCUT2D eigenvalue weighted by atomic mass is 32.1. The van der Waals surface area contributed by atoms with Gasteiger partial charge in [0.25, 0.3) is 0 Å². The van der Waals surface area contributed by atoms with E-state index in [-0.39, 0.29) is 0 Å². The fraction of sp³-hybridized carbons (Fsp3) is 0.357. The normalized spacial score (nSPS) is 10.7. The molecular formula is C14H17NOS. The Labute approximate surface area is 106 Å². The van der Waals surface area contributed by atoms with Crippen molar-refractivity contribution in [1.29, 1.82) is 0 Å². The first-order chi connectivity index (χ1) is 8.33. The van der Waals surface area contributed by atoms with Crippen LogP contribution in [0.2, 0.25) is 0 Å². The van der Waals surface area contributed by atoms with Gasteiger partial charge in [-0.2, -0.15) is 0 Å². The lowest BCUT2D eigenvalue weighted by Crippen LogP contribution is -1.87. The molecule has 0 saturated heterocycles. The van der Waals surface area contributed by atoms with Gasteiger partial charge in [-0.25, -0.2) is 4.98 Å². The smallest absolute Gasteiger partial charge is 0.119 e. The van der Waals surface area contributed by atoms with Gasteiger partial charge in [-0.1, -0.05) is 37.6 Å². The molecule has 0 radical (unpaired) electrons. The van der Waals surface area contributed by atoms with Gasteiger partial charge in [-0.3, -0.25) is 0 Å². The highest BCUT2D eigenvalue weighted by Gasteiger charge is 2.04. The fourth-order valence-corrected chi connectivity index (χ4v) is 2.54. The van der Waals surface area contributed by atoms with Crippen LogP contribution in [0.1, 0.15) is 23.9 Å². The first-order valence-electron chi connectivity index (χ1n) is 5.86. The molecular weight excluding hydrogens is 230 g/mol. The number of thiazole rings is 1. The number of hydrogen-bond acceptors (Lipinski definition) is 3. The van der Waals surface area contributed by atoms with Crippen LogP contribution in [0.4, 0.5) is 0 Å². The summed E-state index contributed by atoms with van der Waals surface area (Å²) in [6.45, 7) is 2.80. The average Bonchev–Trinajstić information content (AvgIpc) is 2.80. The number of ether oxygens (including phenoxy) is 1. The van der Waals surface area contributed by atoms with Crippen molar-refractivity contribution in [2.45, 2.75) is 26.4 Å². The van der Waals surface area contributed by atoms with Crippen LogP contribution in [0.15, 0.2) is 29.6 Å². The number of methoxy groups -OCH3 is 1. The van der Waals surface area contributed by atoms with Gasteiger partial charge in [-0.15, -0.1) is 11.3 Å². The van der Waals surface area contributed by atoms with Crippen LogP contribution in [0, 0.1) is 0 Å². The first-order valence-corrected chi connectivity index (χ1v) is 6.74. The Balaban J connectivity index is 2.15. The summed E-state index contributed by atoms with van der Waals surface area (Å²) in [5.41, 5.74) is 3.62. The second kappa shape index (κ2) is 5.94. The van der Waals surface area contributed by atoms with Crippen molar-refractivity contribution >= 4 is 11.3 Å². The number of nitrogens with zero attached hydrogens (tertiary/aromatic N) is 1. The minimum atomic E-state index is 0.596. The Morgan fingerprint density at radius 1 is 1.24 bits per heavy atom. The summed E-state index contributed by atoms with van der Waals surface area (Å²) in [5.74, 6) is 0. The number of rotatable bonds is 5. The van der Waals surface area contributed by atoms with Crippen LogP contribution >= 0.6 is 11.3 Å². The van der Waals surface area contributed by atoms with Crippen molar-refractivity contribution in [3.05, 3.63) is 40.2 Å². The molecule has 0 bridgehead atoms. The van der Waals surface area contributed by atoms with Gasteiger partial charge in [0.05, 0.1) is 12.3 Å². The largest absolute Gasteiger partial charge is 0.378 e. The quantitative estimate of drug-likeness (QED) is 0.799. The van der Waals surface area contributed by atoms with Gasteiger partial charge in [0.2, 0.25) is 0 Å². The molecule has 1 aromatic heterocycles. The standard InChI is InChI=1S/C14H17NOS/c1-3-4-11-5-7-12(8-6-11)13-10-17-14(15-13)9-16-2/h5-8,10H,3-4,9H2,1-2H3. The summed E-state index contributed by atoms with van der Waals surface area (Å²) in [6, 6.07) is 8.68. The van der Waals surface area contributed by atoms with E-state index in [1.807, 2.05) is 0 Å². The molecule has 1 aromatic carbocycles. The Bertz CT molecular complexity index is 461. The molecule has 90 valence electrons. The summed E-state index contributed by atoms with van der Waals surface area (Å²) in [6.07, 6.45) is 2.33. The van der Waals surface area contributed by atoms with Gasteiger partial charge in [0, 0.05) is 18.1 Å². The van der Waals surface area contributed by atoms with E-state index in [1.165, 1.54) is 17.5 Å². The van der Waals surface area contributed by atoms with Gasteiger partial charge in [0.1, 0.15) is 5.01 Å². The maximum absolute atomic E-state index is 5.08. The highest BCUT2D eigenvalue weighted by molar-refractivity contribution is 7.09. The lowest BCUT2D eigenvalue weighted by Gasteiger charge is -2.00. The summed E-state index contributed by atoms with van der Waals surface area (Å²) >= 11 is 1.65. The van der Waals surface area contributed by atoms with Crippen molar-refractivity contribution < 1.29 is 4.74 Å². The monoisotopic (exact) mass is 247 g/mol. The molecule has 0 fully saturated rings. The van der Waals surface area contributed by atoms with E-state index in [9.17, 15) is 0 Å². The van der Waals surface area contributed by atoms with E-state index >= 15 is 0 Å². The van der Waals surface area contributed by atoms with Crippen molar-refractivity contribution in [1.82, 2.24) is 4.98 Å². The fourth-order valence-electron chi connectivity index (χ4n) is 1.76. The maximum Gasteiger partial charge on any atom is 0.119 e. The van der Waals surface area contributed by atoms with Gasteiger partial charge >= 0.3 is 0 Å². The van der Waals surface area contributed by atoms with E-state index in [0.717, 1.165) is 17.1 Å². The Morgan fingerprint density at radius 2 is 2.00 bits per heavy atom. The molecule has 0 amide bonds. The summed E-state index contributed by atoms with van der Waals surface area (Å²) in [4.78, 5) is 4.54. The molecule has 0 aliphatic rings.